The van der Waals surface area contributed by atoms with Crippen LogP contribution in [0.3, 0.4) is 0 Å². The van der Waals surface area contributed by atoms with E-state index >= 15 is 0 Å². The van der Waals surface area contributed by atoms with Crippen LogP contribution in [-0.4, -0.2) is 32.1 Å². The summed E-state index contributed by atoms with van der Waals surface area (Å²) >= 11 is 0. The van der Waals surface area contributed by atoms with Crippen LogP contribution in [0.4, 0.5) is 22.7 Å². The Bertz CT molecular complexity index is 2050. The molecule has 1 heterocycles. The quantitative estimate of drug-likeness (QED) is 0.177. The molecule has 1 aliphatic rings. The van der Waals surface area contributed by atoms with E-state index < -0.39 is 15.2 Å². The van der Waals surface area contributed by atoms with E-state index in [9.17, 15) is 0 Å². The van der Waals surface area contributed by atoms with Crippen LogP contribution >= 0.6 is 15.2 Å². The average Bonchev–Trinajstić information content (AvgIpc) is 3.06. The molecule has 0 amide bonds. The summed E-state index contributed by atoms with van der Waals surface area (Å²) in [6.07, 6.45) is 0. The van der Waals surface area contributed by atoms with Crippen LogP contribution in [0.5, 0.6) is 0 Å². The fourth-order valence-corrected chi connectivity index (χ4v) is 14.5. The van der Waals surface area contributed by atoms with Gasteiger partial charge >= 0.3 is 272 Å². The fourth-order valence-electron chi connectivity index (χ4n) is 7.68. The fraction of sp³-hybridized carbons (Fsp3) is 0.220. The van der Waals surface area contributed by atoms with Crippen molar-refractivity contribution < 1.29 is 0 Å². The van der Waals surface area contributed by atoms with Gasteiger partial charge in [0.25, 0.3) is 0 Å². The molecule has 0 saturated carbocycles. The minimum atomic E-state index is -2.36. The molecule has 0 fully saturated rings. The molecule has 4 heteroatoms. The molecule has 0 aliphatic carbocycles. The number of fused-ring (bicyclic) bond motifs is 8. The van der Waals surface area contributed by atoms with Gasteiger partial charge in [0.2, 0.25) is 0 Å². The Balaban J connectivity index is 1.72. The van der Waals surface area contributed by atoms with Gasteiger partial charge < -0.3 is 0 Å². The number of para-hydroxylation sites is 2. The number of benzene rings is 6. The van der Waals surface area contributed by atoms with Crippen molar-refractivity contribution in [3.8, 4) is 0 Å². The van der Waals surface area contributed by atoms with Crippen LogP contribution in [0, 0.1) is 0 Å². The monoisotopic (exact) mass is 626 g/mol. The molecule has 0 bridgehead atoms. The first-order valence-corrected chi connectivity index (χ1v) is 20.2. The second-order valence-electron chi connectivity index (χ2n) is 13.3. The first-order valence-electron chi connectivity index (χ1n) is 16.2. The van der Waals surface area contributed by atoms with Gasteiger partial charge in [-0.1, -0.05) is 0 Å². The second kappa shape index (κ2) is 11.6. The molecule has 6 aromatic rings. The van der Waals surface area contributed by atoms with E-state index in [2.05, 4.69) is 180 Å². The first-order chi connectivity index (χ1) is 21.7. The molecule has 1 unspecified atom stereocenters. The number of hydrogen-bond acceptors (Lipinski definition) is 2. The van der Waals surface area contributed by atoms with Crippen molar-refractivity contribution in [1.29, 1.82) is 0 Å². The average molecular weight is 627 g/mol. The maximum absolute atomic E-state index is 2.61. The van der Waals surface area contributed by atoms with Crippen molar-refractivity contribution in [3.05, 3.63) is 121 Å². The molecule has 0 radical (unpaired) electrons. The Morgan fingerprint density at radius 1 is 0.511 bits per heavy atom. The third kappa shape index (κ3) is 4.69. The summed E-state index contributed by atoms with van der Waals surface area (Å²) in [6, 6.07) is 46.1. The van der Waals surface area contributed by atoms with Crippen LogP contribution in [0.1, 0.15) is 27.7 Å². The van der Waals surface area contributed by atoms with Crippen molar-refractivity contribution in [3.63, 3.8) is 0 Å². The van der Waals surface area contributed by atoms with E-state index in [4.69, 9.17) is 0 Å². The van der Waals surface area contributed by atoms with Gasteiger partial charge in [0.15, 0.2) is 0 Å². The van der Waals surface area contributed by atoms with Gasteiger partial charge in [0.1, 0.15) is 0 Å². The van der Waals surface area contributed by atoms with Crippen LogP contribution in [0.15, 0.2) is 121 Å². The summed E-state index contributed by atoms with van der Waals surface area (Å²) < 4.78 is 0. The zero-order valence-electron chi connectivity index (χ0n) is 27.5. The predicted molar refractivity (Wildman–Crippen MR) is 207 cm³/mol. The molecule has 2 nitrogen and oxygen atoms in total. The molecular weight excluding hydrogens is 582 g/mol. The molecule has 0 N–H and O–H groups in total. The van der Waals surface area contributed by atoms with Crippen molar-refractivity contribution >= 4 is 80.7 Å². The SMILES string of the molecule is CC(C)P1c2ccccc2N(C)c2ccccc2[PH](C)(C(C)C)c2ccc3ccccc3c2N(C)c2c1ccc1ccccc21. The molecule has 45 heavy (non-hydrogen) atoms. The zero-order chi connectivity index (χ0) is 31.5. The molecule has 0 saturated heterocycles. The van der Waals surface area contributed by atoms with Crippen molar-refractivity contribution in [2.45, 2.75) is 39.0 Å². The van der Waals surface area contributed by atoms with Crippen LogP contribution in [0.2, 0.25) is 0 Å². The molecule has 1 aliphatic heterocycles. The van der Waals surface area contributed by atoms with Crippen molar-refractivity contribution in [1.82, 2.24) is 0 Å². The topological polar surface area (TPSA) is 6.48 Å². The third-order valence-electron chi connectivity index (χ3n) is 10.3. The predicted octanol–water partition coefficient (Wildman–Crippen LogP) is 9.42. The number of hydrogen-bond donors (Lipinski definition) is 0. The molecule has 1 atom stereocenters. The van der Waals surface area contributed by atoms with Gasteiger partial charge in [0.05, 0.1) is 0 Å². The summed E-state index contributed by atoms with van der Waals surface area (Å²) in [6.45, 7) is 12.3. The van der Waals surface area contributed by atoms with Gasteiger partial charge in [-0.25, -0.2) is 0 Å². The normalized spacial score (nSPS) is 16.9. The van der Waals surface area contributed by atoms with Gasteiger partial charge in [-0.05, 0) is 0 Å². The van der Waals surface area contributed by atoms with Crippen LogP contribution in [-0.2, 0) is 0 Å². The Morgan fingerprint density at radius 3 is 1.73 bits per heavy atom. The van der Waals surface area contributed by atoms with Crippen molar-refractivity contribution in [2.75, 3.05) is 30.6 Å². The van der Waals surface area contributed by atoms with Crippen molar-refractivity contribution in [2.24, 2.45) is 0 Å². The van der Waals surface area contributed by atoms with Crippen LogP contribution in [0.25, 0.3) is 21.5 Å². The van der Waals surface area contributed by atoms with E-state index in [-0.39, 0.29) is 0 Å². The van der Waals surface area contributed by atoms with E-state index in [0.29, 0.717) is 11.3 Å². The molecule has 0 spiro atoms. The molecular formula is C41H44N2P2. The summed E-state index contributed by atoms with van der Waals surface area (Å²) in [5.74, 6) is 0. The molecule has 0 aromatic heterocycles. The van der Waals surface area contributed by atoms with Crippen LogP contribution < -0.4 is 31.0 Å². The Kier molecular flexibility index (Phi) is 7.72. The number of rotatable bonds is 2. The van der Waals surface area contributed by atoms with Gasteiger partial charge in [-0.15, -0.1) is 0 Å². The summed E-state index contributed by atoms with van der Waals surface area (Å²) in [4.78, 5) is 5.10. The van der Waals surface area contributed by atoms with Gasteiger partial charge in [0, 0.05) is 0 Å². The Morgan fingerprint density at radius 2 is 1.07 bits per heavy atom. The second-order valence-corrected chi connectivity index (χ2v) is 20.7. The van der Waals surface area contributed by atoms with E-state index in [0.717, 1.165) is 0 Å². The molecule has 7 rings (SSSR count). The molecule has 228 valence electrons. The van der Waals surface area contributed by atoms with Gasteiger partial charge in [-0.3, -0.25) is 0 Å². The number of nitrogens with zero attached hydrogens (tertiary/aromatic N) is 2. The molecule has 6 aromatic carbocycles. The summed E-state index contributed by atoms with van der Waals surface area (Å²) in [5, 5.41) is 11.1. The minimum absolute atomic E-state index is 0.448. The standard InChI is InChI=1S/C41H44N2P2/c1-28(2)44-36-22-14-12-20-34(36)42(5)35-21-13-15-23-38(35)45(7,29(3)4)39-27-25-31-17-9-11-19-33(31)41(39)43(6)40-32-18-10-8-16-30(32)24-26-37(40)44/h8-29,45H,1-7H3. The Hall–Kier alpha value is -3.70. The third-order valence-corrected chi connectivity index (χ3v) is 18.5. The zero-order valence-corrected chi connectivity index (χ0v) is 29.4. The van der Waals surface area contributed by atoms with E-state index in [1.807, 2.05) is 0 Å². The van der Waals surface area contributed by atoms with E-state index in [1.165, 1.54) is 65.5 Å². The summed E-state index contributed by atoms with van der Waals surface area (Å²) in [5.41, 5.74) is 6.26. The Labute approximate surface area is 270 Å². The number of anilines is 4. The summed E-state index contributed by atoms with van der Waals surface area (Å²) in [7, 11) is 1.56. The van der Waals surface area contributed by atoms with Gasteiger partial charge in [-0.2, -0.15) is 0 Å². The first kappa shape index (κ1) is 30.0. The van der Waals surface area contributed by atoms with E-state index in [1.54, 1.807) is 0 Å². The maximum atomic E-state index is 2.61.